The highest BCUT2D eigenvalue weighted by molar-refractivity contribution is 9.10. The fraction of sp³-hybridized carbons (Fsp3) is 0.364. The minimum Gasteiger partial charge on any atom is -0.311 e. The smallest absolute Gasteiger partial charge is 0.223 e. The molecule has 0 saturated heterocycles. The second-order valence-electron chi connectivity index (χ2n) is 3.81. The molecule has 0 bridgehead atoms. The molecule has 0 aliphatic heterocycles. The number of nitrogens with one attached hydrogen (secondary N) is 1. The molecule has 0 saturated carbocycles. The average molecular weight is 335 g/mol. The lowest BCUT2D eigenvalue weighted by atomic mass is 10.3. The van der Waals surface area contributed by atoms with Gasteiger partial charge in [0.25, 0.3) is 0 Å². The van der Waals surface area contributed by atoms with Crippen LogP contribution >= 0.6 is 15.9 Å². The molecule has 0 unspecified atom stereocenters. The van der Waals surface area contributed by atoms with Crippen LogP contribution in [0.15, 0.2) is 28.7 Å². The van der Waals surface area contributed by atoms with E-state index in [4.69, 9.17) is 0 Å². The van der Waals surface area contributed by atoms with E-state index in [9.17, 15) is 13.2 Å². The van der Waals surface area contributed by atoms with E-state index in [1.165, 1.54) is 11.8 Å². The van der Waals surface area contributed by atoms with Crippen LogP contribution in [0, 0.1) is 0 Å². The molecule has 0 atom stereocenters. The average Bonchev–Trinajstić information content (AvgIpc) is 2.24. The summed E-state index contributed by atoms with van der Waals surface area (Å²) in [5.74, 6) is -0.132. The predicted molar refractivity (Wildman–Crippen MR) is 75.0 cm³/mol. The third-order valence-corrected chi connectivity index (χ3v) is 3.48. The second-order valence-corrected chi connectivity index (χ2v) is 6.56. The van der Waals surface area contributed by atoms with Crippen molar-refractivity contribution in [3.8, 4) is 0 Å². The van der Waals surface area contributed by atoms with Gasteiger partial charge in [0.2, 0.25) is 15.9 Å². The van der Waals surface area contributed by atoms with E-state index < -0.39 is 10.0 Å². The van der Waals surface area contributed by atoms with Gasteiger partial charge >= 0.3 is 0 Å². The van der Waals surface area contributed by atoms with Crippen LogP contribution in [0.4, 0.5) is 5.69 Å². The van der Waals surface area contributed by atoms with Gasteiger partial charge in [-0.1, -0.05) is 15.9 Å². The first-order valence-corrected chi connectivity index (χ1v) is 7.96. The molecule has 0 aliphatic rings. The van der Waals surface area contributed by atoms with Crippen LogP contribution in [0.1, 0.15) is 6.92 Å². The van der Waals surface area contributed by atoms with Gasteiger partial charge in [-0.2, -0.15) is 0 Å². The Morgan fingerprint density at radius 1 is 1.33 bits per heavy atom. The Balaban J connectivity index is 2.72. The van der Waals surface area contributed by atoms with Crippen molar-refractivity contribution in [2.75, 3.05) is 24.2 Å². The third-order valence-electron chi connectivity index (χ3n) is 2.22. The number of amides is 1. The number of hydrogen-bond acceptors (Lipinski definition) is 3. The zero-order chi connectivity index (χ0) is 13.8. The van der Waals surface area contributed by atoms with E-state index in [1.54, 1.807) is 12.1 Å². The third kappa shape index (κ3) is 5.16. The summed E-state index contributed by atoms with van der Waals surface area (Å²) in [4.78, 5) is 13.0. The van der Waals surface area contributed by atoms with Crippen molar-refractivity contribution in [3.63, 3.8) is 0 Å². The highest BCUT2D eigenvalue weighted by Crippen LogP contribution is 2.18. The first-order valence-electron chi connectivity index (χ1n) is 5.28. The van der Waals surface area contributed by atoms with Gasteiger partial charge in [0.1, 0.15) is 0 Å². The van der Waals surface area contributed by atoms with E-state index in [1.807, 2.05) is 12.1 Å². The van der Waals surface area contributed by atoms with Gasteiger partial charge in [0.05, 0.1) is 6.26 Å². The first-order chi connectivity index (χ1) is 8.29. The highest BCUT2D eigenvalue weighted by atomic mass is 79.9. The fourth-order valence-electron chi connectivity index (χ4n) is 1.43. The maximum atomic E-state index is 11.5. The van der Waals surface area contributed by atoms with Crippen molar-refractivity contribution in [2.45, 2.75) is 6.92 Å². The number of sulfonamides is 1. The summed E-state index contributed by atoms with van der Waals surface area (Å²) in [6, 6.07) is 7.25. The number of rotatable bonds is 5. The van der Waals surface area contributed by atoms with Gasteiger partial charge in [0.15, 0.2) is 0 Å². The lowest BCUT2D eigenvalue weighted by molar-refractivity contribution is -0.116. The number of benzene rings is 1. The van der Waals surface area contributed by atoms with Gasteiger partial charge in [-0.05, 0) is 24.3 Å². The summed E-state index contributed by atoms with van der Waals surface area (Å²) in [5, 5.41) is 0. The lowest BCUT2D eigenvalue weighted by Crippen LogP contribution is -2.37. The van der Waals surface area contributed by atoms with Crippen LogP contribution in [0.25, 0.3) is 0 Å². The summed E-state index contributed by atoms with van der Waals surface area (Å²) >= 11 is 3.32. The molecule has 0 spiro atoms. The SMILES string of the molecule is CC(=O)N(CCNS(C)(=O)=O)c1ccc(Br)cc1. The Morgan fingerprint density at radius 3 is 2.33 bits per heavy atom. The first kappa shape index (κ1) is 15.1. The summed E-state index contributed by atoms with van der Waals surface area (Å²) in [5.41, 5.74) is 0.737. The van der Waals surface area contributed by atoms with Crippen LogP contribution in [-0.4, -0.2) is 33.7 Å². The van der Waals surface area contributed by atoms with Crippen molar-refractivity contribution >= 4 is 37.5 Å². The van der Waals surface area contributed by atoms with Crippen molar-refractivity contribution in [1.82, 2.24) is 4.72 Å². The number of hydrogen-bond donors (Lipinski definition) is 1. The fourth-order valence-corrected chi connectivity index (χ4v) is 2.16. The van der Waals surface area contributed by atoms with Crippen molar-refractivity contribution in [1.29, 1.82) is 0 Å². The number of anilines is 1. The molecule has 18 heavy (non-hydrogen) atoms. The molecular weight excluding hydrogens is 320 g/mol. The van der Waals surface area contributed by atoms with Gasteiger partial charge in [-0.15, -0.1) is 0 Å². The number of nitrogens with zero attached hydrogens (tertiary/aromatic N) is 1. The molecule has 5 nitrogen and oxygen atoms in total. The zero-order valence-electron chi connectivity index (χ0n) is 10.2. The van der Waals surface area contributed by atoms with E-state index in [0.717, 1.165) is 16.4 Å². The highest BCUT2D eigenvalue weighted by Gasteiger charge is 2.11. The predicted octanol–water partition coefficient (Wildman–Crippen LogP) is 1.35. The summed E-state index contributed by atoms with van der Waals surface area (Å²) < 4.78 is 25.2. The van der Waals surface area contributed by atoms with Gasteiger partial charge in [-0.25, -0.2) is 13.1 Å². The molecule has 1 N–H and O–H groups in total. The molecule has 0 aromatic heterocycles. The molecule has 7 heteroatoms. The van der Waals surface area contributed by atoms with Crippen LogP contribution in [-0.2, 0) is 14.8 Å². The maximum absolute atomic E-state index is 11.5. The maximum Gasteiger partial charge on any atom is 0.223 e. The molecular formula is C11H15BrN2O3S. The Labute approximate surface area is 115 Å². The van der Waals surface area contributed by atoms with E-state index >= 15 is 0 Å². The zero-order valence-corrected chi connectivity index (χ0v) is 12.6. The minimum atomic E-state index is -3.23. The molecule has 1 rings (SSSR count). The molecule has 0 radical (unpaired) electrons. The Hall–Kier alpha value is -0.920. The van der Waals surface area contributed by atoms with Crippen LogP contribution in [0.3, 0.4) is 0 Å². The summed E-state index contributed by atoms with van der Waals surface area (Å²) in [7, 11) is -3.23. The number of carbonyl (C=O) groups is 1. The molecule has 0 heterocycles. The topological polar surface area (TPSA) is 66.5 Å². The van der Waals surface area contributed by atoms with Crippen molar-refractivity contribution in [3.05, 3.63) is 28.7 Å². The lowest BCUT2D eigenvalue weighted by Gasteiger charge is -2.21. The number of carbonyl (C=O) groups excluding carboxylic acids is 1. The monoisotopic (exact) mass is 334 g/mol. The molecule has 0 fully saturated rings. The number of halogens is 1. The van der Waals surface area contributed by atoms with Crippen LogP contribution in [0.2, 0.25) is 0 Å². The molecule has 1 aromatic rings. The Kier molecular flexibility index (Phi) is 5.30. The van der Waals surface area contributed by atoms with Gasteiger partial charge in [-0.3, -0.25) is 4.79 Å². The molecule has 100 valence electrons. The van der Waals surface area contributed by atoms with Crippen molar-refractivity contribution in [2.24, 2.45) is 0 Å². The Morgan fingerprint density at radius 2 is 1.89 bits per heavy atom. The van der Waals surface area contributed by atoms with Crippen LogP contribution < -0.4 is 9.62 Å². The quantitative estimate of drug-likeness (QED) is 0.883. The van der Waals surface area contributed by atoms with E-state index in [2.05, 4.69) is 20.7 Å². The van der Waals surface area contributed by atoms with Gasteiger partial charge < -0.3 is 4.90 Å². The van der Waals surface area contributed by atoms with Crippen LogP contribution in [0.5, 0.6) is 0 Å². The summed E-state index contributed by atoms with van der Waals surface area (Å²) in [6.45, 7) is 1.93. The van der Waals surface area contributed by atoms with Crippen molar-refractivity contribution < 1.29 is 13.2 Å². The minimum absolute atomic E-state index is 0.132. The second kappa shape index (κ2) is 6.31. The van der Waals surface area contributed by atoms with E-state index in [0.29, 0.717) is 6.54 Å². The normalized spacial score (nSPS) is 11.3. The summed E-state index contributed by atoms with van der Waals surface area (Å²) in [6.07, 6.45) is 1.09. The standard InChI is InChI=1S/C11H15BrN2O3S/c1-9(15)14(8-7-13-18(2,16)17)11-5-3-10(12)4-6-11/h3-6,13H,7-8H2,1-2H3. The molecule has 1 aromatic carbocycles. The molecule has 0 aliphatic carbocycles. The Bertz CT molecular complexity index is 514. The molecule has 1 amide bonds. The van der Waals surface area contributed by atoms with E-state index in [-0.39, 0.29) is 12.5 Å². The van der Waals surface area contributed by atoms with Gasteiger partial charge in [0, 0.05) is 30.2 Å². The largest absolute Gasteiger partial charge is 0.311 e.